The standard InChI is InChI=1S/C10H12N5O4P/c11-9-8-10(13-4-12-9)15(5-14-8)7-2-1-6(19-7)3-18-20(16)17/h4-7H,1-3H2,(H2-,11,12,13,16,17)/p+1/t6-,7+/m1/s1. The van der Waals surface area contributed by atoms with Gasteiger partial charge in [-0.3, -0.25) is 4.57 Å². The van der Waals surface area contributed by atoms with Gasteiger partial charge in [0.25, 0.3) is 0 Å². The van der Waals surface area contributed by atoms with Crippen molar-refractivity contribution in [3.05, 3.63) is 12.7 Å². The Bertz CT molecular complexity index is 648. The molecule has 1 fully saturated rings. The average Bonchev–Trinajstić information content (AvgIpc) is 3.02. The summed E-state index contributed by atoms with van der Waals surface area (Å²) in [4.78, 5) is 20.8. The van der Waals surface area contributed by atoms with E-state index in [-0.39, 0.29) is 18.9 Å². The van der Waals surface area contributed by atoms with Crippen LogP contribution in [0.25, 0.3) is 11.2 Å². The summed E-state index contributed by atoms with van der Waals surface area (Å²) < 4.78 is 22.7. The molecule has 3 rings (SSSR count). The second-order valence-electron chi connectivity index (χ2n) is 4.41. The van der Waals surface area contributed by atoms with Crippen LogP contribution in [0.15, 0.2) is 12.7 Å². The molecule has 1 aliphatic heterocycles. The molecule has 0 amide bonds. The SMILES string of the molecule is Nc1ncnc2c1ncn2[C@@H]1CC[C@H](CO[P+](=O)O)O1. The first kappa shape index (κ1) is 13.3. The van der Waals surface area contributed by atoms with Crippen molar-refractivity contribution in [1.29, 1.82) is 0 Å². The van der Waals surface area contributed by atoms with Gasteiger partial charge in [-0.2, -0.15) is 0 Å². The smallest absolute Gasteiger partial charge is 0.382 e. The van der Waals surface area contributed by atoms with Crippen molar-refractivity contribution in [3.63, 3.8) is 0 Å². The third-order valence-electron chi connectivity index (χ3n) is 3.15. The van der Waals surface area contributed by atoms with E-state index in [1.54, 1.807) is 10.9 Å². The topological polar surface area (TPSA) is 125 Å². The van der Waals surface area contributed by atoms with Crippen molar-refractivity contribution in [1.82, 2.24) is 19.5 Å². The molecular formula is C10H13N5O4P+. The highest BCUT2D eigenvalue weighted by Gasteiger charge is 2.30. The normalized spacial score (nSPS) is 23.4. The lowest BCUT2D eigenvalue weighted by Crippen LogP contribution is -2.15. The maximum Gasteiger partial charge on any atom is 0.694 e. The van der Waals surface area contributed by atoms with Crippen LogP contribution in [0.3, 0.4) is 0 Å². The molecule has 10 heteroatoms. The van der Waals surface area contributed by atoms with E-state index in [1.165, 1.54) is 6.33 Å². The molecular weight excluding hydrogens is 285 g/mol. The fourth-order valence-electron chi connectivity index (χ4n) is 2.24. The molecule has 3 heterocycles. The average molecular weight is 298 g/mol. The van der Waals surface area contributed by atoms with Crippen molar-refractivity contribution < 1.29 is 18.7 Å². The lowest BCUT2D eigenvalue weighted by Gasteiger charge is -2.13. The number of rotatable bonds is 4. The van der Waals surface area contributed by atoms with Gasteiger partial charge in [-0.15, -0.1) is 9.42 Å². The van der Waals surface area contributed by atoms with E-state index < -0.39 is 8.25 Å². The molecule has 20 heavy (non-hydrogen) atoms. The van der Waals surface area contributed by atoms with E-state index in [0.717, 1.165) is 12.8 Å². The number of nitrogen functional groups attached to an aromatic ring is 1. The van der Waals surface area contributed by atoms with Crippen molar-refractivity contribution in [2.45, 2.75) is 25.2 Å². The Balaban J connectivity index is 1.76. The Hall–Kier alpha value is -1.67. The molecule has 1 aliphatic rings. The molecule has 2 aromatic heterocycles. The highest BCUT2D eigenvalue weighted by atomic mass is 31.1. The van der Waals surface area contributed by atoms with E-state index in [0.29, 0.717) is 17.0 Å². The van der Waals surface area contributed by atoms with Gasteiger partial charge in [0, 0.05) is 4.57 Å². The maximum atomic E-state index is 10.5. The molecule has 3 N–H and O–H groups in total. The molecule has 0 bridgehead atoms. The van der Waals surface area contributed by atoms with E-state index in [4.69, 9.17) is 15.4 Å². The van der Waals surface area contributed by atoms with Crippen LogP contribution in [-0.2, 0) is 13.8 Å². The van der Waals surface area contributed by atoms with Crippen molar-refractivity contribution in [3.8, 4) is 0 Å². The Morgan fingerprint density at radius 1 is 1.50 bits per heavy atom. The zero-order valence-electron chi connectivity index (χ0n) is 10.4. The van der Waals surface area contributed by atoms with Crippen LogP contribution in [0.4, 0.5) is 5.82 Å². The van der Waals surface area contributed by atoms with E-state index >= 15 is 0 Å². The Morgan fingerprint density at radius 2 is 2.35 bits per heavy atom. The molecule has 0 aromatic carbocycles. The highest BCUT2D eigenvalue weighted by Crippen LogP contribution is 2.32. The van der Waals surface area contributed by atoms with Crippen molar-refractivity contribution >= 4 is 25.2 Å². The van der Waals surface area contributed by atoms with Crippen LogP contribution >= 0.6 is 8.25 Å². The van der Waals surface area contributed by atoms with Gasteiger partial charge >= 0.3 is 8.25 Å². The molecule has 9 nitrogen and oxygen atoms in total. The monoisotopic (exact) mass is 298 g/mol. The summed E-state index contributed by atoms with van der Waals surface area (Å²) in [5.41, 5.74) is 6.87. The van der Waals surface area contributed by atoms with Gasteiger partial charge in [0.05, 0.1) is 12.4 Å². The summed E-state index contributed by atoms with van der Waals surface area (Å²) in [6.45, 7) is 0.0892. The minimum absolute atomic E-state index is 0.0892. The van der Waals surface area contributed by atoms with Crippen LogP contribution in [0.5, 0.6) is 0 Å². The molecule has 1 saturated heterocycles. The maximum absolute atomic E-state index is 10.5. The van der Waals surface area contributed by atoms with Gasteiger partial charge in [-0.1, -0.05) is 0 Å². The summed E-state index contributed by atoms with van der Waals surface area (Å²) >= 11 is 0. The van der Waals surface area contributed by atoms with Crippen LogP contribution in [-0.4, -0.2) is 37.1 Å². The molecule has 1 unspecified atom stereocenters. The number of aromatic nitrogens is 4. The van der Waals surface area contributed by atoms with Crippen molar-refractivity contribution in [2.75, 3.05) is 12.3 Å². The minimum Gasteiger partial charge on any atom is -0.382 e. The third-order valence-corrected chi connectivity index (χ3v) is 3.52. The Morgan fingerprint density at radius 3 is 3.15 bits per heavy atom. The number of hydrogen-bond donors (Lipinski definition) is 2. The predicted molar refractivity (Wildman–Crippen MR) is 68.7 cm³/mol. The molecule has 106 valence electrons. The number of fused-ring (bicyclic) bond motifs is 1. The Labute approximate surface area is 114 Å². The lowest BCUT2D eigenvalue weighted by atomic mass is 10.2. The fourth-order valence-corrected chi connectivity index (χ4v) is 2.54. The first-order valence-corrected chi connectivity index (χ1v) is 7.15. The zero-order chi connectivity index (χ0) is 14.1. The third kappa shape index (κ3) is 2.48. The lowest BCUT2D eigenvalue weighted by molar-refractivity contribution is -0.0162. The van der Waals surface area contributed by atoms with Crippen LogP contribution < -0.4 is 5.73 Å². The van der Waals surface area contributed by atoms with Gasteiger partial charge in [-0.25, -0.2) is 15.0 Å². The number of nitrogens with two attached hydrogens (primary N) is 1. The van der Waals surface area contributed by atoms with Gasteiger partial charge < -0.3 is 10.5 Å². The largest absolute Gasteiger partial charge is 0.694 e. The second kappa shape index (κ2) is 5.37. The number of imidazole rings is 1. The highest BCUT2D eigenvalue weighted by molar-refractivity contribution is 7.32. The summed E-state index contributed by atoms with van der Waals surface area (Å²) in [7, 11) is -2.59. The minimum atomic E-state index is -2.59. The molecule has 3 atom stereocenters. The number of hydrogen-bond acceptors (Lipinski definition) is 7. The molecule has 0 radical (unpaired) electrons. The molecule has 0 aliphatic carbocycles. The first-order chi connectivity index (χ1) is 9.65. The first-order valence-electron chi connectivity index (χ1n) is 6.02. The van der Waals surface area contributed by atoms with E-state index in [9.17, 15) is 4.57 Å². The van der Waals surface area contributed by atoms with Gasteiger partial charge in [0.1, 0.15) is 24.7 Å². The fraction of sp³-hybridized carbons (Fsp3) is 0.500. The van der Waals surface area contributed by atoms with Crippen LogP contribution in [0, 0.1) is 0 Å². The zero-order valence-corrected chi connectivity index (χ0v) is 11.3. The Kier molecular flexibility index (Phi) is 3.58. The van der Waals surface area contributed by atoms with E-state index in [2.05, 4.69) is 19.5 Å². The number of ether oxygens (including phenoxy) is 1. The van der Waals surface area contributed by atoms with Crippen LogP contribution in [0.2, 0.25) is 0 Å². The molecule has 0 spiro atoms. The second-order valence-corrected chi connectivity index (χ2v) is 5.14. The quantitative estimate of drug-likeness (QED) is 0.792. The summed E-state index contributed by atoms with van der Waals surface area (Å²) in [5, 5.41) is 0. The number of nitrogens with zero attached hydrogens (tertiary/aromatic N) is 4. The summed E-state index contributed by atoms with van der Waals surface area (Å²) in [5.74, 6) is 0.323. The van der Waals surface area contributed by atoms with Gasteiger partial charge in [0.2, 0.25) is 0 Å². The molecule has 0 saturated carbocycles. The van der Waals surface area contributed by atoms with E-state index in [1.807, 2.05) is 0 Å². The number of anilines is 1. The molecule has 2 aromatic rings. The van der Waals surface area contributed by atoms with Crippen LogP contribution in [0.1, 0.15) is 19.1 Å². The predicted octanol–water partition coefficient (Wildman–Crippen LogP) is 0.752. The van der Waals surface area contributed by atoms with Gasteiger partial charge in [-0.05, 0) is 12.8 Å². The van der Waals surface area contributed by atoms with Crippen molar-refractivity contribution in [2.24, 2.45) is 0 Å². The summed E-state index contributed by atoms with van der Waals surface area (Å²) in [6.07, 6.45) is 4.00. The van der Waals surface area contributed by atoms with Gasteiger partial charge in [0.15, 0.2) is 11.5 Å². The summed E-state index contributed by atoms with van der Waals surface area (Å²) in [6, 6.07) is 0.